The van der Waals surface area contributed by atoms with Crippen LogP contribution in [0.3, 0.4) is 0 Å². The van der Waals surface area contributed by atoms with Crippen LogP contribution in [0.5, 0.6) is 0 Å². The van der Waals surface area contributed by atoms with Crippen molar-refractivity contribution in [3.05, 3.63) is 58.3 Å². The lowest BCUT2D eigenvalue weighted by Gasteiger charge is -2.07. The van der Waals surface area contributed by atoms with E-state index in [1.807, 2.05) is 37.3 Å². The lowest BCUT2D eigenvalue weighted by Crippen LogP contribution is -2.27. The van der Waals surface area contributed by atoms with Gasteiger partial charge in [-0.15, -0.1) is 0 Å². The molecule has 0 radical (unpaired) electrons. The second-order valence-corrected chi connectivity index (χ2v) is 6.83. The quantitative estimate of drug-likeness (QED) is 0.827. The van der Waals surface area contributed by atoms with Crippen LogP contribution in [0.4, 0.5) is 5.69 Å². The molecule has 24 heavy (non-hydrogen) atoms. The number of aryl methyl sites for hydroxylation is 1. The summed E-state index contributed by atoms with van der Waals surface area (Å²) in [6.45, 7) is 2.42. The minimum atomic E-state index is -0.244. The summed E-state index contributed by atoms with van der Waals surface area (Å²) in [4.78, 5) is 28.3. The molecule has 0 aliphatic heterocycles. The fourth-order valence-corrected chi connectivity index (χ4v) is 2.80. The summed E-state index contributed by atoms with van der Waals surface area (Å²) >= 11 is 3.43. The molecule has 2 N–H and O–H groups in total. The predicted octanol–water partition coefficient (Wildman–Crippen LogP) is 3.04. The summed E-state index contributed by atoms with van der Waals surface area (Å²) in [6, 6.07) is 9.36. The van der Waals surface area contributed by atoms with Crippen molar-refractivity contribution in [3.8, 4) is 0 Å². The maximum Gasteiger partial charge on any atom is 0.228 e. The summed E-state index contributed by atoms with van der Waals surface area (Å²) in [5.74, 6) is -0.644. The second-order valence-electron chi connectivity index (χ2n) is 5.98. The zero-order chi connectivity index (χ0) is 17.1. The molecule has 2 unspecified atom stereocenters. The van der Waals surface area contributed by atoms with Crippen molar-refractivity contribution < 1.29 is 9.59 Å². The van der Waals surface area contributed by atoms with Crippen molar-refractivity contribution in [2.75, 3.05) is 5.32 Å². The zero-order valence-corrected chi connectivity index (χ0v) is 14.8. The summed E-state index contributed by atoms with van der Waals surface area (Å²) in [7, 11) is 0. The number of nitrogens with zero attached hydrogens (tertiary/aromatic N) is 1. The molecule has 2 aromatic rings. The number of nitrogens with one attached hydrogen (secondary N) is 2. The smallest absolute Gasteiger partial charge is 0.228 e. The lowest BCUT2D eigenvalue weighted by molar-refractivity contribution is -0.125. The number of anilines is 1. The van der Waals surface area contributed by atoms with Crippen LogP contribution in [0.1, 0.15) is 17.5 Å². The van der Waals surface area contributed by atoms with Gasteiger partial charge in [-0.25, -0.2) is 0 Å². The van der Waals surface area contributed by atoms with E-state index in [0.717, 1.165) is 21.3 Å². The molecular weight excluding hydrogens is 370 g/mol. The van der Waals surface area contributed by atoms with Crippen LogP contribution in [0, 0.1) is 18.8 Å². The highest BCUT2D eigenvalue weighted by Gasteiger charge is 2.47. The van der Waals surface area contributed by atoms with Gasteiger partial charge in [0.05, 0.1) is 11.8 Å². The van der Waals surface area contributed by atoms with Gasteiger partial charge < -0.3 is 10.6 Å². The Morgan fingerprint density at radius 1 is 1.17 bits per heavy atom. The van der Waals surface area contributed by atoms with E-state index in [0.29, 0.717) is 13.0 Å². The van der Waals surface area contributed by atoms with Gasteiger partial charge in [0.2, 0.25) is 11.8 Å². The Labute approximate surface area is 149 Å². The van der Waals surface area contributed by atoms with Crippen LogP contribution in [-0.2, 0) is 16.1 Å². The summed E-state index contributed by atoms with van der Waals surface area (Å²) < 4.78 is 1.00. The highest BCUT2D eigenvalue weighted by Crippen LogP contribution is 2.39. The molecule has 0 saturated heterocycles. The second kappa shape index (κ2) is 7.13. The molecule has 3 rings (SSSR count). The Morgan fingerprint density at radius 3 is 2.58 bits per heavy atom. The van der Waals surface area contributed by atoms with Gasteiger partial charge in [-0.1, -0.05) is 15.9 Å². The Morgan fingerprint density at radius 2 is 1.88 bits per heavy atom. The third kappa shape index (κ3) is 4.00. The Kier molecular flexibility index (Phi) is 4.94. The first kappa shape index (κ1) is 16.6. The van der Waals surface area contributed by atoms with E-state index in [9.17, 15) is 9.59 Å². The number of rotatable bonds is 5. The van der Waals surface area contributed by atoms with Gasteiger partial charge in [0.1, 0.15) is 0 Å². The Bertz CT molecular complexity index is 764. The monoisotopic (exact) mass is 387 g/mol. The van der Waals surface area contributed by atoms with Gasteiger partial charge in [0, 0.05) is 29.1 Å². The van der Waals surface area contributed by atoms with Crippen molar-refractivity contribution in [2.24, 2.45) is 11.8 Å². The van der Waals surface area contributed by atoms with Crippen LogP contribution in [0.25, 0.3) is 0 Å². The number of pyridine rings is 1. The molecule has 1 aromatic carbocycles. The third-order valence-corrected chi connectivity index (χ3v) is 5.00. The number of benzene rings is 1. The molecule has 1 heterocycles. The number of carbonyl (C=O) groups is 2. The van der Waals surface area contributed by atoms with Crippen LogP contribution in [0.15, 0.2) is 47.2 Å². The van der Waals surface area contributed by atoms with Gasteiger partial charge in [-0.2, -0.15) is 0 Å². The molecule has 0 bridgehead atoms. The minimum Gasteiger partial charge on any atom is -0.352 e. The fraction of sp³-hybridized carbons (Fsp3) is 0.278. The van der Waals surface area contributed by atoms with Crippen LogP contribution in [0.2, 0.25) is 0 Å². The highest BCUT2D eigenvalue weighted by molar-refractivity contribution is 9.10. The number of hydrogen-bond donors (Lipinski definition) is 2. The summed E-state index contributed by atoms with van der Waals surface area (Å²) in [6.07, 6.45) is 3.98. The number of hydrogen-bond acceptors (Lipinski definition) is 3. The molecule has 2 amide bonds. The summed E-state index contributed by atoms with van der Waals surface area (Å²) in [5, 5.41) is 5.76. The van der Waals surface area contributed by atoms with Crippen LogP contribution in [-0.4, -0.2) is 16.8 Å². The number of amides is 2. The first-order valence-electron chi connectivity index (χ1n) is 7.78. The van der Waals surface area contributed by atoms with Gasteiger partial charge >= 0.3 is 0 Å². The predicted molar refractivity (Wildman–Crippen MR) is 95.2 cm³/mol. The van der Waals surface area contributed by atoms with E-state index in [2.05, 4.69) is 31.5 Å². The molecule has 1 aromatic heterocycles. The molecule has 5 nitrogen and oxygen atoms in total. The molecule has 6 heteroatoms. The van der Waals surface area contributed by atoms with E-state index in [1.54, 1.807) is 12.4 Å². The van der Waals surface area contributed by atoms with E-state index < -0.39 is 0 Å². The van der Waals surface area contributed by atoms with E-state index in [-0.39, 0.29) is 23.7 Å². The number of carbonyl (C=O) groups excluding carboxylic acids is 2. The van der Waals surface area contributed by atoms with Crippen molar-refractivity contribution in [1.82, 2.24) is 10.3 Å². The van der Waals surface area contributed by atoms with Crippen LogP contribution >= 0.6 is 15.9 Å². The van der Waals surface area contributed by atoms with E-state index >= 15 is 0 Å². The maximum atomic E-state index is 12.2. The molecule has 1 saturated carbocycles. The Balaban J connectivity index is 1.49. The molecule has 2 atom stereocenters. The molecule has 0 spiro atoms. The molecule has 124 valence electrons. The van der Waals surface area contributed by atoms with Gasteiger partial charge in [0.15, 0.2) is 0 Å². The van der Waals surface area contributed by atoms with Gasteiger partial charge in [-0.3, -0.25) is 14.6 Å². The van der Waals surface area contributed by atoms with Crippen molar-refractivity contribution >= 4 is 33.4 Å². The van der Waals surface area contributed by atoms with E-state index in [4.69, 9.17) is 0 Å². The number of aromatic nitrogens is 1. The maximum absolute atomic E-state index is 12.2. The van der Waals surface area contributed by atoms with Gasteiger partial charge in [-0.05, 0) is 54.8 Å². The molecule has 1 aliphatic rings. The number of halogens is 1. The van der Waals surface area contributed by atoms with Crippen LogP contribution < -0.4 is 10.6 Å². The third-order valence-electron chi connectivity index (χ3n) is 4.11. The standard InChI is InChI=1S/C18H18BrN3O2/c1-11-8-13(2-3-16(11)19)22-18(24)15-9-14(15)17(23)21-10-12-4-6-20-7-5-12/h2-8,14-15H,9-10H2,1H3,(H,21,23)(H,22,24). The topological polar surface area (TPSA) is 71.1 Å². The minimum absolute atomic E-state index is 0.0704. The lowest BCUT2D eigenvalue weighted by atomic mass is 10.2. The first-order valence-corrected chi connectivity index (χ1v) is 8.57. The van der Waals surface area contributed by atoms with Crippen molar-refractivity contribution in [1.29, 1.82) is 0 Å². The zero-order valence-electron chi connectivity index (χ0n) is 13.3. The molecular formula is C18H18BrN3O2. The van der Waals surface area contributed by atoms with E-state index in [1.165, 1.54) is 0 Å². The highest BCUT2D eigenvalue weighted by atomic mass is 79.9. The molecule has 1 fully saturated rings. The van der Waals surface area contributed by atoms with Crippen molar-refractivity contribution in [3.63, 3.8) is 0 Å². The van der Waals surface area contributed by atoms with Gasteiger partial charge in [0.25, 0.3) is 0 Å². The first-order chi connectivity index (χ1) is 11.5. The molecule has 1 aliphatic carbocycles. The average Bonchev–Trinajstić information content (AvgIpc) is 3.38. The SMILES string of the molecule is Cc1cc(NC(=O)C2CC2C(=O)NCc2ccncc2)ccc1Br. The normalized spacial score (nSPS) is 18.8. The summed E-state index contributed by atoms with van der Waals surface area (Å²) in [5.41, 5.74) is 2.80. The average molecular weight is 388 g/mol. The van der Waals surface area contributed by atoms with Crippen molar-refractivity contribution in [2.45, 2.75) is 19.9 Å². The fourth-order valence-electron chi connectivity index (χ4n) is 2.55. The Hall–Kier alpha value is -2.21. The largest absolute Gasteiger partial charge is 0.352 e.